The van der Waals surface area contributed by atoms with Crippen LogP contribution in [-0.4, -0.2) is 10.9 Å². The maximum Gasteiger partial charge on any atom is 0.266 e. The van der Waals surface area contributed by atoms with Crippen molar-refractivity contribution in [2.45, 2.75) is 25.8 Å². The highest BCUT2D eigenvalue weighted by molar-refractivity contribution is 6.08. The van der Waals surface area contributed by atoms with Gasteiger partial charge in [-0.05, 0) is 30.9 Å². The normalized spacial score (nSPS) is 25.3. The highest BCUT2D eigenvalue weighted by Gasteiger charge is 2.33. The molecule has 0 bridgehead atoms. The van der Waals surface area contributed by atoms with Crippen molar-refractivity contribution >= 4 is 16.8 Å². The van der Waals surface area contributed by atoms with Crippen LogP contribution in [0.15, 0.2) is 12.1 Å². The summed E-state index contributed by atoms with van der Waals surface area (Å²) >= 11 is 0. The fraction of sp³-hybridized carbons (Fsp3) is 0.357. The molecule has 2 aromatic rings. The van der Waals surface area contributed by atoms with Crippen molar-refractivity contribution in [2.24, 2.45) is 5.92 Å². The van der Waals surface area contributed by atoms with Gasteiger partial charge in [-0.25, -0.2) is 9.82 Å². The molecule has 1 amide bonds. The summed E-state index contributed by atoms with van der Waals surface area (Å²) in [4.78, 5) is 15.3. The number of hydrazine groups is 1. The van der Waals surface area contributed by atoms with Crippen LogP contribution in [0.4, 0.5) is 4.39 Å². The summed E-state index contributed by atoms with van der Waals surface area (Å²) < 4.78 is 13.6. The van der Waals surface area contributed by atoms with E-state index in [1.807, 2.05) is 0 Å². The monoisotopic (exact) mass is 259 g/mol. The molecule has 0 fully saturated rings. The van der Waals surface area contributed by atoms with Crippen LogP contribution >= 0.6 is 0 Å². The Morgan fingerprint density at radius 1 is 1.37 bits per heavy atom. The number of halogens is 1. The van der Waals surface area contributed by atoms with Crippen LogP contribution in [0.3, 0.4) is 0 Å². The van der Waals surface area contributed by atoms with Crippen molar-refractivity contribution in [1.82, 2.24) is 15.8 Å². The van der Waals surface area contributed by atoms with E-state index in [-0.39, 0.29) is 17.8 Å². The molecule has 2 unspecified atom stereocenters. The molecule has 0 saturated heterocycles. The number of aromatic nitrogens is 1. The Labute approximate surface area is 109 Å². The first-order valence-electron chi connectivity index (χ1n) is 6.53. The first-order valence-corrected chi connectivity index (χ1v) is 6.53. The highest BCUT2D eigenvalue weighted by atomic mass is 19.1. The molecule has 3 N–H and O–H groups in total. The molecule has 0 radical (unpaired) electrons. The maximum atomic E-state index is 13.6. The molecule has 1 aliphatic carbocycles. The van der Waals surface area contributed by atoms with E-state index in [1.165, 1.54) is 12.1 Å². The first-order chi connectivity index (χ1) is 9.13. The van der Waals surface area contributed by atoms with Crippen molar-refractivity contribution in [2.75, 3.05) is 0 Å². The van der Waals surface area contributed by atoms with Gasteiger partial charge < -0.3 is 4.98 Å². The third kappa shape index (κ3) is 1.45. The van der Waals surface area contributed by atoms with E-state index < -0.39 is 0 Å². The molecule has 2 heterocycles. The zero-order valence-corrected chi connectivity index (χ0v) is 10.5. The number of nitrogens with one attached hydrogen (secondary N) is 3. The number of carbonyl (C=O) groups excluding carboxylic acids is 1. The smallest absolute Gasteiger partial charge is 0.266 e. The van der Waals surface area contributed by atoms with Gasteiger partial charge in [-0.2, -0.15) is 0 Å². The number of benzene rings is 1. The third-order valence-electron chi connectivity index (χ3n) is 4.13. The van der Waals surface area contributed by atoms with E-state index in [0.29, 0.717) is 11.5 Å². The fourth-order valence-electron chi connectivity index (χ4n) is 3.40. The average Bonchev–Trinajstić information content (AvgIpc) is 2.64. The minimum atomic E-state index is -0.386. The zero-order valence-electron chi connectivity index (χ0n) is 10.5. The maximum absolute atomic E-state index is 13.6. The number of aromatic amines is 1. The summed E-state index contributed by atoms with van der Waals surface area (Å²) in [6.07, 6.45) is 1.91. The molecular weight excluding hydrogens is 245 g/mol. The topological polar surface area (TPSA) is 56.9 Å². The Morgan fingerprint density at radius 3 is 3.05 bits per heavy atom. The van der Waals surface area contributed by atoms with Crippen molar-refractivity contribution in [1.29, 1.82) is 0 Å². The van der Waals surface area contributed by atoms with Crippen LogP contribution < -0.4 is 10.9 Å². The molecule has 4 rings (SSSR count). The van der Waals surface area contributed by atoms with Gasteiger partial charge in [-0.15, -0.1) is 0 Å². The lowest BCUT2D eigenvalue weighted by Gasteiger charge is -2.27. The van der Waals surface area contributed by atoms with Crippen LogP contribution in [0, 0.1) is 11.7 Å². The largest absolute Gasteiger partial charge is 0.358 e. The van der Waals surface area contributed by atoms with Crippen molar-refractivity contribution in [3.8, 4) is 0 Å². The van der Waals surface area contributed by atoms with E-state index in [9.17, 15) is 9.18 Å². The number of hydrogen-bond acceptors (Lipinski definition) is 2. The van der Waals surface area contributed by atoms with Crippen LogP contribution in [0.5, 0.6) is 0 Å². The van der Waals surface area contributed by atoms with Gasteiger partial charge in [0.05, 0.1) is 11.6 Å². The second kappa shape index (κ2) is 3.57. The summed E-state index contributed by atoms with van der Waals surface area (Å²) in [7, 11) is 0. The predicted molar refractivity (Wildman–Crippen MR) is 69.1 cm³/mol. The lowest BCUT2D eigenvalue weighted by molar-refractivity contribution is 0.0925. The van der Waals surface area contributed by atoms with Crippen LogP contribution in [0.2, 0.25) is 0 Å². The molecule has 1 aliphatic heterocycles. The molecule has 98 valence electrons. The number of rotatable bonds is 0. The van der Waals surface area contributed by atoms with E-state index >= 15 is 0 Å². The molecule has 2 atom stereocenters. The quantitative estimate of drug-likeness (QED) is 0.679. The summed E-state index contributed by atoms with van der Waals surface area (Å²) in [6, 6.07) is 2.88. The van der Waals surface area contributed by atoms with Gasteiger partial charge in [0.25, 0.3) is 5.91 Å². The Balaban J connectivity index is 2.11. The van der Waals surface area contributed by atoms with E-state index in [0.717, 1.165) is 35.0 Å². The van der Waals surface area contributed by atoms with Gasteiger partial charge >= 0.3 is 0 Å². The molecule has 2 aliphatic rings. The summed E-state index contributed by atoms with van der Waals surface area (Å²) in [5.74, 6) is -0.127. The molecule has 1 aromatic carbocycles. The second-order valence-corrected chi connectivity index (χ2v) is 5.59. The molecule has 5 heteroatoms. The lowest BCUT2D eigenvalue weighted by Crippen LogP contribution is -2.40. The minimum absolute atomic E-state index is 0.100. The highest BCUT2D eigenvalue weighted by Crippen LogP contribution is 2.40. The minimum Gasteiger partial charge on any atom is -0.358 e. The zero-order chi connectivity index (χ0) is 13.1. The first kappa shape index (κ1) is 11.0. The third-order valence-corrected chi connectivity index (χ3v) is 4.13. The van der Waals surface area contributed by atoms with Gasteiger partial charge in [0, 0.05) is 22.2 Å². The molecular formula is C14H14FN3O. The fourth-order valence-corrected chi connectivity index (χ4v) is 3.40. The predicted octanol–water partition coefficient (Wildman–Crippen LogP) is 2.18. The number of hydrogen-bond donors (Lipinski definition) is 3. The number of amides is 1. The Hall–Kier alpha value is -1.88. The molecule has 19 heavy (non-hydrogen) atoms. The average molecular weight is 259 g/mol. The van der Waals surface area contributed by atoms with Crippen molar-refractivity contribution in [3.05, 3.63) is 34.8 Å². The Kier molecular flexibility index (Phi) is 2.07. The summed E-state index contributed by atoms with van der Waals surface area (Å²) in [5.41, 5.74) is 9.13. The SMILES string of the molecule is CC1Cc2[nH]c3cc(F)cc4c3c2C(C1)NNC4=O. The molecule has 4 nitrogen and oxygen atoms in total. The van der Waals surface area contributed by atoms with Crippen LogP contribution in [0.1, 0.15) is 41.0 Å². The van der Waals surface area contributed by atoms with Gasteiger partial charge in [0.1, 0.15) is 5.82 Å². The van der Waals surface area contributed by atoms with Crippen LogP contribution in [-0.2, 0) is 6.42 Å². The van der Waals surface area contributed by atoms with Crippen LogP contribution in [0.25, 0.3) is 10.9 Å². The second-order valence-electron chi connectivity index (χ2n) is 5.59. The van der Waals surface area contributed by atoms with Crippen molar-refractivity contribution in [3.63, 3.8) is 0 Å². The molecule has 1 aromatic heterocycles. The van der Waals surface area contributed by atoms with Gasteiger partial charge in [0.15, 0.2) is 0 Å². The number of carbonyl (C=O) groups is 1. The summed E-state index contributed by atoms with van der Waals surface area (Å²) in [5, 5.41) is 0.871. The number of H-pyrrole nitrogens is 1. The van der Waals surface area contributed by atoms with Gasteiger partial charge in [-0.1, -0.05) is 6.92 Å². The molecule has 0 spiro atoms. The van der Waals surface area contributed by atoms with Crippen molar-refractivity contribution < 1.29 is 9.18 Å². The Bertz CT molecular complexity index is 706. The Morgan fingerprint density at radius 2 is 2.21 bits per heavy atom. The molecule has 0 saturated carbocycles. The van der Waals surface area contributed by atoms with E-state index in [2.05, 4.69) is 22.8 Å². The van der Waals surface area contributed by atoms with Gasteiger partial charge in [0.2, 0.25) is 0 Å². The summed E-state index contributed by atoms with van der Waals surface area (Å²) in [6.45, 7) is 2.18. The lowest BCUT2D eigenvalue weighted by atomic mass is 9.84. The standard InChI is InChI=1S/C14H14FN3O/c1-6-2-9-13-11(3-6)17-18-14(19)8-4-7(15)5-10(16-9)12(8)13/h4-6,11,16-17H,2-3H2,1H3,(H,18,19). The van der Waals surface area contributed by atoms with E-state index in [1.54, 1.807) is 0 Å². The van der Waals surface area contributed by atoms with E-state index in [4.69, 9.17) is 0 Å². The van der Waals surface area contributed by atoms with Gasteiger partial charge in [-0.3, -0.25) is 10.2 Å².